The fraction of sp³-hybridized carbons (Fsp3) is 0.485. The van der Waals surface area contributed by atoms with Gasteiger partial charge in [-0.2, -0.15) is 0 Å². The normalized spacial score (nSPS) is 21.3. The molecule has 2 aromatic rings. The number of allylic oxidation sites excluding steroid dienone is 1. The molecule has 3 heterocycles. The van der Waals surface area contributed by atoms with Crippen LogP contribution < -0.4 is 10.2 Å². The van der Waals surface area contributed by atoms with Crippen molar-refractivity contribution >= 4 is 17.4 Å². The highest BCUT2D eigenvalue weighted by molar-refractivity contribution is 5.98. The zero-order chi connectivity index (χ0) is 26.8. The number of carbonyl (C=O) groups excluding carboxylic acids is 2. The smallest absolute Gasteiger partial charge is 0.251 e. The highest BCUT2D eigenvalue weighted by Gasteiger charge is 2.35. The highest BCUT2D eigenvalue weighted by atomic mass is 16.2. The number of pyridine rings is 1. The van der Waals surface area contributed by atoms with E-state index < -0.39 is 0 Å². The van der Waals surface area contributed by atoms with Crippen LogP contribution >= 0.6 is 0 Å². The molecule has 1 fully saturated rings. The molecular weight excluding hydrogens is 484 g/mol. The lowest BCUT2D eigenvalue weighted by molar-refractivity contribution is -0.123. The van der Waals surface area contributed by atoms with E-state index >= 15 is 0 Å². The third-order valence-corrected chi connectivity index (χ3v) is 9.01. The van der Waals surface area contributed by atoms with Crippen LogP contribution in [0.15, 0.2) is 47.9 Å². The molecule has 0 bridgehead atoms. The van der Waals surface area contributed by atoms with Gasteiger partial charge in [0.05, 0.1) is 12.5 Å². The molecule has 1 aromatic carbocycles. The summed E-state index contributed by atoms with van der Waals surface area (Å²) in [5.74, 6) is 6.49. The number of ketones is 1. The van der Waals surface area contributed by atoms with Crippen molar-refractivity contribution in [3.8, 4) is 11.8 Å². The first-order valence-electron chi connectivity index (χ1n) is 14.7. The van der Waals surface area contributed by atoms with E-state index in [4.69, 9.17) is 0 Å². The summed E-state index contributed by atoms with van der Waals surface area (Å²) >= 11 is 0. The molecule has 1 saturated carbocycles. The van der Waals surface area contributed by atoms with Crippen LogP contribution in [0.1, 0.15) is 84.8 Å². The molecule has 1 N–H and O–H groups in total. The molecule has 1 atom stereocenters. The number of hydrogen-bond donors (Lipinski definition) is 1. The predicted octanol–water partition coefficient (Wildman–Crippen LogP) is 4.87. The molecule has 0 saturated heterocycles. The molecule has 1 aromatic heterocycles. The van der Waals surface area contributed by atoms with Gasteiger partial charge in [-0.3, -0.25) is 14.6 Å². The van der Waals surface area contributed by atoms with Gasteiger partial charge in [-0.25, -0.2) is 0 Å². The van der Waals surface area contributed by atoms with Crippen LogP contribution in [0, 0.1) is 17.8 Å². The number of benzene rings is 1. The largest absolute Gasteiger partial charge is 0.371 e. The Kier molecular flexibility index (Phi) is 7.41. The van der Waals surface area contributed by atoms with Crippen molar-refractivity contribution in [2.75, 3.05) is 31.6 Å². The number of amides is 1. The zero-order valence-electron chi connectivity index (χ0n) is 23.0. The number of fused-ring (bicyclic) bond motifs is 1. The van der Waals surface area contributed by atoms with E-state index in [1.54, 1.807) is 12.4 Å². The van der Waals surface area contributed by atoms with Crippen LogP contribution in [0.4, 0.5) is 5.69 Å². The van der Waals surface area contributed by atoms with Gasteiger partial charge < -0.3 is 15.1 Å². The Labute approximate surface area is 231 Å². The number of nitrogens with zero attached hydrogens (tertiary/aromatic N) is 3. The van der Waals surface area contributed by atoms with Gasteiger partial charge in [-0.05, 0) is 86.8 Å². The standard InChI is InChI=1S/C33H38N4O2/c1-36-22-32(38)29(27-9-4-5-11-30(27)36)21-35-33(39)28-19-24(13-12-23-14-16-34-17-15-23)20-31-26(28)10-6-18-37(31)25-7-2-3-8-25/h14-17,19-20,25,29H,2-11,18,21-22H2,1H3,(H,35,39). The van der Waals surface area contributed by atoms with E-state index in [9.17, 15) is 9.59 Å². The molecule has 0 spiro atoms. The summed E-state index contributed by atoms with van der Waals surface area (Å²) in [6.45, 7) is 1.84. The lowest BCUT2D eigenvalue weighted by atomic mass is 9.81. The minimum atomic E-state index is -0.207. The lowest BCUT2D eigenvalue weighted by Gasteiger charge is -2.38. The molecule has 0 radical (unpaired) electrons. The SMILES string of the molecule is CN1CC(=O)C(CNC(=O)c2cc(C#Cc3ccncc3)cc3c2CCCN3C2CCCC2)C2=C1CCCC2. The second kappa shape index (κ2) is 11.3. The summed E-state index contributed by atoms with van der Waals surface area (Å²) in [7, 11) is 2.02. The van der Waals surface area contributed by atoms with Crippen molar-refractivity contribution in [2.45, 2.75) is 70.3 Å². The maximum Gasteiger partial charge on any atom is 0.251 e. The number of Topliss-reactive ketones (excluding diaryl/α,β-unsaturated/α-hetero) is 1. The number of aromatic nitrogens is 1. The molecule has 6 heteroatoms. The van der Waals surface area contributed by atoms with E-state index in [2.05, 4.69) is 38.0 Å². The third-order valence-electron chi connectivity index (χ3n) is 9.01. The maximum absolute atomic E-state index is 13.8. The van der Waals surface area contributed by atoms with E-state index in [-0.39, 0.29) is 17.6 Å². The zero-order valence-corrected chi connectivity index (χ0v) is 23.0. The van der Waals surface area contributed by atoms with Crippen LogP contribution in [0.3, 0.4) is 0 Å². The van der Waals surface area contributed by atoms with E-state index in [1.807, 2.05) is 25.2 Å². The Hall–Kier alpha value is -3.59. The van der Waals surface area contributed by atoms with E-state index in [0.29, 0.717) is 24.7 Å². The summed E-state index contributed by atoms with van der Waals surface area (Å²) in [4.78, 5) is 35.6. The minimum absolute atomic E-state index is 0.0863. The van der Waals surface area contributed by atoms with Crippen molar-refractivity contribution < 1.29 is 9.59 Å². The maximum atomic E-state index is 13.8. The van der Waals surface area contributed by atoms with Crippen molar-refractivity contribution in [2.24, 2.45) is 5.92 Å². The summed E-state index contributed by atoms with van der Waals surface area (Å²) in [5, 5.41) is 3.20. The highest BCUT2D eigenvalue weighted by Crippen LogP contribution is 2.38. The Morgan fingerprint density at radius 1 is 1.00 bits per heavy atom. The van der Waals surface area contributed by atoms with Crippen molar-refractivity contribution in [1.29, 1.82) is 0 Å². The molecule has 39 heavy (non-hydrogen) atoms. The first-order chi connectivity index (χ1) is 19.1. The molecule has 6 rings (SSSR count). The fourth-order valence-electron chi connectivity index (χ4n) is 7.06. The average Bonchev–Trinajstić information content (AvgIpc) is 3.50. The number of rotatable bonds is 4. The molecule has 1 amide bonds. The summed E-state index contributed by atoms with van der Waals surface area (Å²) < 4.78 is 0. The van der Waals surface area contributed by atoms with Gasteiger partial charge in [-0.15, -0.1) is 0 Å². The molecule has 202 valence electrons. The molecule has 6 nitrogen and oxygen atoms in total. The molecule has 4 aliphatic rings. The number of carbonyl (C=O) groups is 2. The van der Waals surface area contributed by atoms with Crippen LogP contribution in [0.25, 0.3) is 0 Å². The molecule has 2 aliphatic heterocycles. The first-order valence-corrected chi connectivity index (χ1v) is 14.7. The Morgan fingerprint density at radius 3 is 2.59 bits per heavy atom. The van der Waals surface area contributed by atoms with Crippen LogP contribution in [-0.4, -0.2) is 54.3 Å². The predicted molar refractivity (Wildman–Crippen MR) is 154 cm³/mol. The van der Waals surface area contributed by atoms with E-state index in [0.717, 1.165) is 55.3 Å². The summed E-state index contributed by atoms with van der Waals surface area (Å²) in [5.41, 5.74) is 7.34. The van der Waals surface area contributed by atoms with Crippen molar-refractivity contribution in [3.63, 3.8) is 0 Å². The minimum Gasteiger partial charge on any atom is -0.371 e. The van der Waals surface area contributed by atoms with Gasteiger partial charge in [-0.1, -0.05) is 24.7 Å². The first kappa shape index (κ1) is 25.7. The van der Waals surface area contributed by atoms with Crippen molar-refractivity contribution in [3.05, 3.63) is 70.2 Å². The van der Waals surface area contributed by atoms with Gasteiger partial charge in [0.25, 0.3) is 5.91 Å². The third kappa shape index (κ3) is 5.32. The fourth-order valence-corrected chi connectivity index (χ4v) is 7.06. The van der Waals surface area contributed by atoms with Crippen LogP contribution in [0.2, 0.25) is 0 Å². The Balaban J connectivity index is 1.31. The quantitative estimate of drug-likeness (QED) is 0.581. The average molecular weight is 523 g/mol. The monoisotopic (exact) mass is 522 g/mol. The van der Waals surface area contributed by atoms with Gasteiger partial charge in [0.2, 0.25) is 0 Å². The number of anilines is 1. The Bertz CT molecular complexity index is 1350. The topological polar surface area (TPSA) is 65.5 Å². The summed E-state index contributed by atoms with van der Waals surface area (Å²) in [6, 6.07) is 8.49. The van der Waals surface area contributed by atoms with Crippen LogP contribution in [-0.2, 0) is 11.2 Å². The summed E-state index contributed by atoms with van der Waals surface area (Å²) in [6.07, 6.45) is 14.7. The molecule has 1 unspecified atom stereocenters. The van der Waals surface area contributed by atoms with Crippen molar-refractivity contribution in [1.82, 2.24) is 15.2 Å². The Morgan fingerprint density at radius 2 is 1.77 bits per heavy atom. The second-order valence-electron chi connectivity index (χ2n) is 11.5. The lowest BCUT2D eigenvalue weighted by Crippen LogP contribution is -2.44. The van der Waals surface area contributed by atoms with E-state index in [1.165, 1.54) is 49.1 Å². The molecular formula is C33H38N4O2. The second-order valence-corrected chi connectivity index (χ2v) is 11.5. The van der Waals surface area contributed by atoms with Crippen LogP contribution in [0.5, 0.6) is 0 Å². The molecule has 2 aliphatic carbocycles. The number of hydrogen-bond acceptors (Lipinski definition) is 5. The number of likely N-dealkylation sites (N-methyl/N-ethyl adjacent to an activating group) is 1. The number of nitrogens with one attached hydrogen (secondary N) is 1. The van der Waals surface area contributed by atoms with Gasteiger partial charge in [0, 0.05) is 66.6 Å². The van der Waals surface area contributed by atoms with Gasteiger partial charge in [0.1, 0.15) is 0 Å². The van der Waals surface area contributed by atoms with Gasteiger partial charge in [0.15, 0.2) is 5.78 Å². The van der Waals surface area contributed by atoms with Gasteiger partial charge >= 0.3 is 0 Å².